The van der Waals surface area contributed by atoms with E-state index in [0.29, 0.717) is 45.5 Å². The van der Waals surface area contributed by atoms with E-state index in [1.165, 1.54) is 0 Å². The first kappa shape index (κ1) is 27.0. The number of tetrazole rings is 1. The molecular weight excluding hydrogens is 537 g/mol. The van der Waals surface area contributed by atoms with Crippen LogP contribution in [0.2, 0.25) is 10.0 Å². The number of benzene rings is 2. The van der Waals surface area contributed by atoms with Crippen LogP contribution in [0.5, 0.6) is 0 Å². The SMILES string of the molecule is CCC[C@H](c1ccc(C(=O)NCc2nn[nH]n2)cc1)N1C(=O)C(c2cc(Cl)cc(Cl)c2)=NC12CC=CC(C)C2. The number of hydrogen-bond acceptors (Lipinski definition) is 6. The summed E-state index contributed by atoms with van der Waals surface area (Å²) in [5.41, 5.74) is 1.73. The van der Waals surface area contributed by atoms with Crippen molar-refractivity contribution in [2.75, 3.05) is 0 Å². The van der Waals surface area contributed by atoms with Crippen LogP contribution >= 0.6 is 23.2 Å². The van der Waals surface area contributed by atoms with Crippen LogP contribution in [0.25, 0.3) is 0 Å². The molecule has 2 aliphatic rings. The maximum atomic E-state index is 14.2. The molecule has 2 heterocycles. The Morgan fingerprint density at radius 2 is 1.95 bits per heavy atom. The van der Waals surface area contributed by atoms with Gasteiger partial charge in [-0.15, -0.1) is 10.2 Å². The fourth-order valence-corrected chi connectivity index (χ4v) is 5.99. The monoisotopic (exact) mass is 565 g/mol. The van der Waals surface area contributed by atoms with Gasteiger partial charge in [0.1, 0.15) is 11.4 Å². The molecule has 1 spiro atoms. The third-order valence-corrected chi connectivity index (χ3v) is 7.55. The van der Waals surface area contributed by atoms with Crippen molar-refractivity contribution in [1.82, 2.24) is 30.8 Å². The number of hydrogen-bond donors (Lipinski definition) is 2. The molecule has 3 aromatic rings. The number of halogens is 2. The maximum absolute atomic E-state index is 14.2. The third-order valence-electron chi connectivity index (χ3n) is 7.11. The van der Waals surface area contributed by atoms with E-state index in [4.69, 9.17) is 28.2 Å². The molecule has 3 atom stereocenters. The average molecular weight is 566 g/mol. The van der Waals surface area contributed by atoms with Gasteiger partial charge in [0.15, 0.2) is 5.82 Å². The van der Waals surface area contributed by atoms with Gasteiger partial charge in [-0.05, 0) is 54.7 Å². The van der Waals surface area contributed by atoms with Crippen LogP contribution in [-0.4, -0.2) is 48.7 Å². The summed E-state index contributed by atoms with van der Waals surface area (Å²) in [5, 5.41) is 17.2. The van der Waals surface area contributed by atoms with E-state index in [2.05, 4.69) is 51.9 Å². The zero-order valence-electron chi connectivity index (χ0n) is 21.7. The molecule has 9 nitrogen and oxygen atoms in total. The number of carbonyl (C=O) groups excluding carboxylic acids is 2. The van der Waals surface area contributed by atoms with Crippen molar-refractivity contribution in [3.05, 3.63) is 87.2 Å². The van der Waals surface area contributed by atoms with Crippen LogP contribution in [0.1, 0.15) is 72.9 Å². The van der Waals surface area contributed by atoms with Gasteiger partial charge >= 0.3 is 0 Å². The molecule has 2 aromatic carbocycles. The average Bonchev–Trinajstić information content (AvgIpc) is 3.52. The Morgan fingerprint density at radius 1 is 1.21 bits per heavy atom. The van der Waals surface area contributed by atoms with E-state index in [1.807, 2.05) is 17.0 Å². The maximum Gasteiger partial charge on any atom is 0.275 e. The summed E-state index contributed by atoms with van der Waals surface area (Å²) in [7, 11) is 0. The lowest BCUT2D eigenvalue weighted by atomic mass is 9.85. The van der Waals surface area contributed by atoms with Crippen LogP contribution in [-0.2, 0) is 11.3 Å². The molecule has 0 fully saturated rings. The number of aromatic nitrogens is 4. The fraction of sp³-hybridized carbons (Fsp3) is 0.357. The highest BCUT2D eigenvalue weighted by atomic mass is 35.5. The van der Waals surface area contributed by atoms with Crippen molar-refractivity contribution >= 4 is 40.7 Å². The lowest BCUT2D eigenvalue weighted by Gasteiger charge is -2.44. The lowest BCUT2D eigenvalue weighted by molar-refractivity contribution is -0.132. The molecule has 5 rings (SSSR count). The van der Waals surface area contributed by atoms with Gasteiger partial charge in [0.25, 0.3) is 11.8 Å². The summed E-state index contributed by atoms with van der Waals surface area (Å²) in [6.07, 6.45) is 7.23. The summed E-state index contributed by atoms with van der Waals surface area (Å²) < 4.78 is 0. The van der Waals surface area contributed by atoms with E-state index in [-0.39, 0.29) is 30.3 Å². The van der Waals surface area contributed by atoms with Crippen LogP contribution in [0.3, 0.4) is 0 Å². The Morgan fingerprint density at radius 3 is 2.59 bits per heavy atom. The second kappa shape index (κ2) is 11.3. The molecule has 202 valence electrons. The first-order chi connectivity index (χ1) is 18.8. The molecule has 0 radical (unpaired) electrons. The van der Waals surface area contributed by atoms with Crippen LogP contribution in [0.4, 0.5) is 0 Å². The van der Waals surface area contributed by atoms with Gasteiger partial charge in [-0.1, -0.05) is 73.0 Å². The smallest absolute Gasteiger partial charge is 0.275 e. The lowest BCUT2D eigenvalue weighted by Crippen LogP contribution is -2.50. The topological polar surface area (TPSA) is 116 Å². The molecule has 11 heteroatoms. The Kier molecular flexibility index (Phi) is 7.81. The summed E-state index contributed by atoms with van der Waals surface area (Å²) >= 11 is 12.6. The number of allylic oxidation sites excluding steroid dienone is 1. The Balaban J connectivity index is 1.47. The first-order valence-electron chi connectivity index (χ1n) is 13.0. The number of amides is 2. The Hall–Kier alpha value is -3.56. The van der Waals surface area contributed by atoms with Crippen molar-refractivity contribution in [2.45, 2.75) is 57.8 Å². The van der Waals surface area contributed by atoms with Crippen molar-refractivity contribution in [3.63, 3.8) is 0 Å². The summed E-state index contributed by atoms with van der Waals surface area (Å²) in [4.78, 5) is 33.9. The largest absolute Gasteiger partial charge is 0.345 e. The van der Waals surface area contributed by atoms with Gasteiger partial charge in [-0.3, -0.25) is 14.6 Å². The summed E-state index contributed by atoms with van der Waals surface area (Å²) in [6.45, 7) is 4.40. The van der Waals surface area contributed by atoms with Gasteiger partial charge < -0.3 is 10.2 Å². The highest BCUT2D eigenvalue weighted by molar-refractivity contribution is 6.47. The summed E-state index contributed by atoms with van der Waals surface area (Å²) in [6, 6.07) is 12.3. The molecule has 0 bridgehead atoms. The molecule has 1 aliphatic heterocycles. The molecule has 1 aliphatic carbocycles. The van der Waals surface area contributed by atoms with Crippen LogP contribution in [0.15, 0.2) is 59.6 Å². The predicted octanol–water partition coefficient (Wildman–Crippen LogP) is 5.29. The number of aromatic amines is 1. The number of nitrogens with zero attached hydrogens (tertiary/aromatic N) is 5. The standard InChI is InChI=1S/C28H29Cl2N7O2/c1-3-5-23(18-7-9-19(10-8-18)26(38)31-16-24-33-35-36-34-24)37-27(39)25(20-12-21(29)14-22(30)13-20)32-28(37)11-4-6-17(2)15-28/h4,6-10,12-14,17,23H,3,5,11,15-16H2,1-2H3,(H,31,38)(H,33,34,35,36)/t17?,23-,28?/m1/s1. The van der Waals surface area contributed by atoms with Gasteiger partial charge in [0, 0.05) is 27.6 Å². The molecule has 0 saturated heterocycles. The van der Waals surface area contributed by atoms with Crippen LogP contribution in [0, 0.1) is 5.92 Å². The van der Waals surface area contributed by atoms with Gasteiger partial charge in [0.05, 0.1) is 12.6 Å². The normalized spacial score (nSPS) is 21.3. The van der Waals surface area contributed by atoms with Crippen molar-refractivity contribution < 1.29 is 9.59 Å². The van der Waals surface area contributed by atoms with Crippen molar-refractivity contribution in [1.29, 1.82) is 0 Å². The van der Waals surface area contributed by atoms with E-state index >= 15 is 0 Å². The van der Waals surface area contributed by atoms with Gasteiger partial charge in [0.2, 0.25) is 0 Å². The van der Waals surface area contributed by atoms with E-state index in [0.717, 1.165) is 18.4 Å². The summed E-state index contributed by atoms with van der Waals surface area (Å²) in [5.74, 6) is 0.263. The van der Waals surface area contributed by atoms with Crippen molar-refractivity contribution in [2.24, 2.45) is 10.9 Å². The molecule has 2 N–H and O–H groups in total. The second-order valence-corrected chi connectivity index (χ2v) is 10.9. The first-order valence-corrected chi connectivity index (χ1v) is 13.7. The minimum absolute atomic E-state index is 0.142. The zero-order chi connectivity index (χ0) is 27.6. The van der Waals surface area contributed by atoms with Crippen molar-refractivity contribution in [3.8, 4) is 0 Å². The molecule has 39 heavy (non-hydrogen) atoms. The molecular formula is C28H29Cl2N7O2. The molecule has 2 amide bonds. The number of carbonyl (C=O) groups is 2. The predicted molar refractivity (Wildman–Crippen MR) is 150 cm³/mol. The molecule has 0 saturated carbocycles. The molecule has 1 aromatic heterocycles. The number of nitrogens with one attached hydrogen (secondary N) is 2. The Labute approximate surface area is 236 Å². The van der Waals surface area contributed by atoms with E-state index in [9.17, 15) is 9.59 Å². The number of H-pyrrole nitrogens is 1. The highest BCUT2D eigenvalue weighted by Gasteiger charge is 2.51. The zero-order valence-corrected chi connectivity index (χ0v) is 23.2. The minimum atomic E-state index is -0.712. The van der Waals surface area contributed by atoms with E-state index in [1.54, 1.807) is 30.3 Å². The second-order valence-electron chi connectivity index (χ2n) is 10.0. The Bertz CT molecular complexity index is 1400. The van der Waals surface area contributed by atoms with Crippen LogP contribution < -0.4 is 5.32 Å². The van der Waals surface area contributed by atoms with Gasteiger partial charge in [-0.2, -0.15) is 5.21 Å². The highest BCUT2D eigenvalue weighted by Crippen LogP contribution is 2.45. The minimum Gasteiger partial charge on any atom is -0.345 e. The molecule has 2 unspecified atom stereocenters. The fourth-order valence-electron chi connectivity index (χ4n) is 5.46. The van der Waals surface area contributed by atoms with Gasteiger partial charge in [-0.25, -0.2) is 0 Å². The third kappa shape index (κ3) is 5.60. The quantitative estimate of drug-likeness (QED) is 0.360. The number of aliphatic imine (C=N–C) groups is 1. The van der Waals surface area contributed by atoms with E-state index < -0.39 is 5.66 Å². The number of rotatable bonds is 8.